The molecule has 0 bridgehead atoms. The molecular formula is C25H36N6O2S. The zero-order chi connectivity index (χ0) is 23.3. The van der Waals surface area contributed by atoms with Crippen LogP contribution in [0.25, 0.3) is 0 Å². The molecular weight excluding hydrogens is 448 g/mol. The topological polar surface area (TPSA) is 95.4 Å². The third kappa shape index (κ3) is 5.58. The van der Waals surface area contributed by atoms with Gasteiger partial charge in [-0.2, -0.15) is 16.7 Å². The third-order valence-corrected chi connectivity index (χ3v) is 8.11. The molecule has 0 spiro atoms. The first-order valence-electron chi connectivity index (χ1n) is 12.6. The third-order valence-electron chi connectivity index (χ3n) is 7.14. The fourth-order valence-corrected chi connectivity index (χ4v) is 6.28. The number of aliphatic hydroxyl groups is 1. The Morgan fingerprint density at radius 1 is 1.15 bits per heavy atom. The number of methoxy groups -OCH3 is 1. The van der Waals surface area contributed by atoms with Crippen molar-refractivity contribution in [2.75, 3.05) is 35.7 Å². The molecule has 9 heteroatoms. The van der Waals surface area contributed by atoms with Crippen molar-refractivity contribution in [3.63, 3.8) is 0 Å². The lowest BCUT2D eigenvalue weighted by Gasteiger charge is -2.31. The molecule has 3 aliphatic rings. The average molecular weight is 485 g/mol. The summed E-state index contributed by atoms with van der Waals surface area (Å²) in [6.45, 7) is 2.21. The molecule has 2 aliphatic heterocycles. The molecule has 1 saturated heterocycles. The lowest BCUT2D eigenvalue weighted by atomic mass is 10.1. The Morgan fingerprint density at radius 3 is 2.94 bits per heavy atom. The summed E-state index contributed by atoms with van der Waals surface area (Å²) in [5.74, 6) is 4.43. The van der Waals surface area contributed by atoms with Gasteiger partial charge in [-0.15, -0.1) is 0 Å². The zero-order valence-electron chi connectivity index (χ0n) is 20.0. The Bertz CT molecular complexity index is 976. The second-order valence-electron chi connectivity index (χ2n) is 9.59. The van der Waals surface area contributed by atoms with Crippen LogP contribution in [-0.2, 0) is 22.8 Å². The van der Waals surface area contributed by atoms with Crippen molar-refractivity contribution in [3.8, 4) is 0 Å². The van der Waals surface area contributed by atoms with E-state index in [0.717, 1.165) is 66.6 Å². The van der Waals surface area contributed by atoms with Gasteiger partial charge >= 0.3 is 0 Å². The van der Waals surface area contributed by atoms with Gasteiger partial charge in [-0.05, 0) is 43.4 Å². The molecule has 0 radical (unpaired) electrons. The van der Waals surface area contributed by atoms with Gasteiger partial charge in [-0.25, -0.2) is 9.97 Å². The SMILES string of the molecule is CO[C@@H]1CCCCC[C@H]1Nc1nc(NCc2ccnc(N3CCCC(O)C3)c2)nc2c1CSC2. The molecule has 1 unspecified atom stereocenters. The fourth-order valence-electron chi connectivity index (χ4n) is 5.23. The number of β-amino-alcohol motifs (C(OH)–C–C–N with tert-alkyl or cyclic N) is 1. The van der Waals surface area contributed by atoms with Crippen LogP contribution in [0.3, 0.4) is 0 Å². The van der Waals surface area contributed by atoms with E-state index in [0.29, 0.717) is 19.0 Å². The molecule has 1 aliphatic carbocycles. The van der Waals surface area contributed by atoms with Crippen molar-refractivity contribution in [2.24, 2.45) is 0 Å². The van der Waals surface area contributed by atoms with Crippen LogP contribution in [0.2, 0.25) is 0 Å². The predicted octanol–water partition coefficient (Wildman–Crippen LogP) is 3.95. The number of piperidine rings is 1. The van der Waals surface area contributed by atoms with Crippen LogP contribution >= 0.6 is 11.8 Å². The highest BCUT2D eigenvalue weighted by Gasteiger charge is 2.27. The Hall–Kier alpha value is -2.10. The van der Waals surface area contributed by atoms with Crippen molar-refractivity contribution in [3.05, 3.63) is 35.2 Å². The molecule has 5 rings (SSSR count). The summed E-state index contributed by atoms with van der Waals surface area (Å²) in [4.78, 5) is 16.4. The van der Waals surface area contributed by atoms with Gasteiger partial charge in [0.15, 0.2) is 0 Å². The van der Waals surface area contributed by atoms with Crippen LogP contribution in [0.4, 0.5) is 17.6 Å². The van der Waals surface area contributed by atoms with Gasteiger partial charge in [0.2, 0.25) is 5.95 Å². The average Bonchev–Trinajstić information content (AvgIpc) is 3.22. The number of aromatic nitrogens is 3. The minimum Gasteiger partial charge on any atom is -0.391 e. The van der Waals surface area contributed by atoms with Crippen LogP contribution in [-0.4, -0.2) is 58.5 Å². The van der Waals surface area contributed by atoms with Crippen LogP contribution < -0.4 is 15.5 Å². The quantitative estimate of drug-likeness (QED) is 0.505. The highest BCUT2D eigenvalue weighted by Crippen LogP contribution is 2.35. The monoisotopic (exact) mass is 484 g/mol. The number of thioether (sulfide) groups is 1. The van der Waals surface area contributed by atoms with Crippen molar-refractivity contribution < 1.29 is 9.84 Å². The van der Waals surface area contributed by atoms with Gasteiger partial charge in [-0.3, -0.25) is 0 Å². The molecule has 1 saturated carbocycles. The van der Waals surface area contributed by atoms with Gasteiger partial charge in [0, 0.05) is 50.0 Å². The van der Waals surface area contributed by atoms with E-state index in [1.165, 1.54) is 24.8 Å². The van der Waals surface area contributed by atoms with Crippen LogP contribution in [0.5, 0.6) is 0 Å². The lowest BCUT2D eigenvalue weighted by molar-refractivity contribution is 0.0805. The number of ether oxygens (including phenoxy) is 1. The lowest BCUT2D eigenvalue weighted by Crippen LogP contribution is -2.38. The minimum absolute atomic E-state index is 0.224. The number of pyridine rings is 1. The molecule has 34 heavy (non-hydrogen) atoms. The standard InChI is InChI=1S/C25H36N6O2S/c1-33-22-8-4-2-3-7-20(22)28-24-19-15-34-16-21(19)29-25(30-24)27-13-17-9-10-26-23(12-17)31-11-5-6-18(32)14-31/h9-10,12,18,20,22,32H,2-8,11,13-16H2,1H3,(H2,27,28,29,30)/t18?,20-,22-/m1/s1. The molecule has 184 valence electrons. The first-order valence-corrected chi connectivity index (χ1v) is 13.7. The smallest absolute Gasteiger partial charge is 0.225 e. The molecule has 0 aromatic carbocycles. The van der Waals surface area contributed by atoms with Gasteiger partial charge in [0.05, 0.1) is 23.9 Å². The summed E-state index contributed by atoms with van der Waals surface area (Å²) in [6.07, 6.45) is 9.59. The first kappa shape index (κ1) is 23.6. The van der Waals surface area contributed by atoms with Crippen molar-refractivity contribution in [2.45, 2.75) is 81.2 Å². The Kier molecular flexibility index (Phi) is 7.71. The molecule has 2 aromatic heterocycles. The fraction of sp³-hybridized carbons (Fsp3) is 0.640. The number of anilines is 3. The van der Waals surface area contributed by atoms with E-state index in [4.69, 9.17) is 14.7 Å². The number of hydrogen-bond donors (Lipinski definition) is 3. The molecule has 2 fully saturated rings. The van der Waals surface area contributed by atoms with E-state index >= 15 is 0 Å². The maximum absolute atomic E-state index is 10.0. The Labute approximate surface area is 206 Å². The van der Waals surface area contributed by atoms with Crippen LogP contribution in [0, 0.1) is 0 Å². The summed E-state index contributed by atoms with van der Waals surface area (Å²) < 4.78 is 5.83. The van der Waals surface area contributed by atoms with E-state index < -0.39 is 0 Å². The second kappa shape index (κ2) is 11.1. The van der Waals surface area contributed by atoms with E-state index in [9.17, 15) is 5.11 Å². The Morgan fingerprint density at radius 2 is 2.06 bits per heavy atom. The van der Waals surface area contributed by atoms with Gasteiger partial charge in [-0.1, -0.05) is 19.3 Å². The number of fused-ring (bicyclic) bond motifs is 1. The van der Waals surface area contributed by atoms with Gasteiger partial charge in [0.25, 0.3) is 0 Å². The maximum Gasteiger partial charge on any atom is 0.225 e. The maximum atomic E-state index is 10.0. The molecule has 3 atom stereocenters. The van der Waals surface area contributed by atoms with E-state index in [1.54, 1.807) is 0 Å². The second-order valence-corrected chi connectivity index (χ2v) is 10.6. The van der Waals surface area contributed by atoms with E-state index in [2.05, 4.69) is 26.6 Å². The number of aliphatic hydroxyl groups excluding tert-OH is 1. The summed E-state index contributed by atoms with van der Waals surface area (Å²) in [5.41, 5.74) is 3.50. The Balaban J connectivity index is 1.30. The van der Waals surface area contributed by atoms with Crippen molar-refractivity contribution >= 4 is 29.3 Å². The van der Waals surface area contributed by atoms with E-state index in [-0.39, 0.29) is 18.2 Å². The normalized spacial score (nSPS) is 25.0. The summed E-state index contributed by atoms with van der Waals surface area (Å²) in [5, 5.41) is 17.2. The number of hydrogen-bond acceptors (Lipinski definition) is 9. The van der Waals surface area contributed by atoms with E-state index in [1.807, 2.05) is 31.1 Å². The van der Waals surface area contributed by atoms with Crippen molar-refractivity contribution in [1.29, 1.82) is 0 Å². The predicted molar refractivity (Wildman–Crippen MR) is 137 cm³/mol. The number of nitrogens with zero attached hydrogens (tertiary/aromatic N) is 4. The van der Waals surface area contributed by atoms with Crippen molar-refractivity contribution in [1.82, 2.24) is 15.0 Å². The van der Waals surface area contributed by atoms with Crippen LogP contribution in [0.1, 0.15) is 61.8 Å². The largest absolute Gasteiger partial charge is 0.391 e. The highest BCUT2D eigenvalue weighted by atomic mass is 32.2. The van der Waals surface area contributed by atoms with Gasteiger partial charge in [0.1, 0.15) is 11.6 Å². The summed E-state index contributed by atoms with van der Waals surface area (Å²) in [6, 6.07) is 4.41. The molecule has 4 heterocycles. The number of rotatable bonds is 7. The first-order chi connectivity index (χ1) is 16.7. The molecule has 3 N–H and O–H groups in total. The summed E-state index contributed by atoms with van der Waals surface area (Å²) >= 11 is 1.90. The van der Waals surface area contributed by atoms with Gasteiger partial charge < -0.3 is 25.4 Å². The molecule has 0 amide bonds. The van der Waals surface area contributed by atoms with Crippen LogP contribution in [0.15, 0.2) is 18.3 Å². The zero-order valence-corrected chi connectivity index (χ0v) is 20.8. The number of nitrogens with one attached hydrogen (secondary N) is 2. The molecule has 2 aromatic rings. The summed E-state index contributed by atoms with van der Waals surface area (Å²) in [7, 11) is 1.82. The molecule has 8 nitrogen and oxygen atoms in total. The minimum atomic E-state index is -0.271. The highest BCUT2D eigenvalue weighted by molar-refractivity contribution is 7.98.